The van der Waals surface area contributed by atoms with Gasteiger partial charge in [-0.05, 0) is 30.7 Å². The van der Waals surface area contributed by atoms with Crippen molar-refractivity contribution in [2.45, 2.75) is 38.8 Å². The van der Waals surface area contributed by atoms with Crippen molar-refractivity contribution in [3.05, 3.63) is 29.8 Å². The number of benzene rings is 1. The highest BCUT2D eigenvalue weighted by Crippen LogP contribution is 2.30. The zero-order chi connectivity index (χ0) is 13.6. The molecule has 1 rings (SSSR count). The first-order valence-electron chi connectivity index (χ1n) is 6.33. The van der Waals surface area contributed by atoms with Crippen LogP contribution >= 0.6 is 0 Å². The lowest BCUT2D eigenvalue weighted by Crippen LogP contribution is -2.18. The zero-order valence-corrected chi connectivity index (χ0v) is 10.9. The number of alkyl halides is 3. The topological polar surface area (TPSA) is 3.24 Å². The average molecular weight is 259 g/mol. The fourth-order valence-electron chi connectivity index (χ4n) is 1.81. The minimum atomic E-state index is -4.25. The molecule has 0 aliphatic rings. The van der Waals surface area contributed by atoms with Crippen LogP contribution in [0.2, 0.25) is 0 Å². The Kier molecular flexibility index (Phi) is 5.51. The number of halogens is 3. The third kappa shape index (κ3) is 4.59. The van der Waals surface area contributed by atoms with Crippen LogP contribution in [0.4, 0.5) is 18.9 Å². The van der Waals surface area contributed by atoms with Crippen LogP contribution < -0.4 is 4.90 Å². The van der Waals surface area contributed by atoms with E-state index in [1.807, 2.05) is 11.9 Å². The molecule has 0 aromatic heterocycles. The molecule has 0 saturated carbocycles. The summed E-state index contributed by atoms with van der Waals surface area (Å²) >= 11 is 0. The van der Waals surface area contributed by atoms with Crippen molar-refractivity contribution in [3.63, 3.8) is 0 Å². The van der Waals surface area contributed by atoms with E-state index in [0.717, 1.165) is 30.8 Å². The highest BCUT2D eigenvalue weighted by atomic mass is 19.4. The molecule has 0 radical (unpaired) electrons. The summed E-state index contributed by atoms with van der Waals surface area (Å²) in [5, 5.41) is 0. The van der Waals surface area contributed by atoms with Crippen LogP contribution in [0.1, 0.15) is 38.2 Å². The lowest BCUT2D eigenvalue weighted by Gasteiger charge is -2.19. The Morgan fingerprint density at radius 3 is 2.11 bits per heavy atom. The summed E-state index contributed by atoms with van der Waals surface area (Å²) in [6.07, 6.45) is 0.385. The molecule has 0 atom stereocenters. The van der Waals surface area contributed by atoms with Crippen LogP contribution in [0.15, 0.2) is 24.3 Å². The number of rotatable bonds is 6. The second-order valence-electron chi connectivity index (χ2n) is 4.53. The van der Waals surface area contributed by atoms with Gasteiger partial charge in [0.05, 0.1) is 5.56 Å². The maximum Gasteiger partial charge on any atom is 0.416 e. The molecular weight excluding hydrogens is 239 g/mol. The largest absolute Gasteiger partial charge is 0.416 e. The maximum atomic E-state index is 12.4. The van der Waals surface area contributed by atoms with Gasteiger partial charge in [-0.1, -0.05) is 26.2 Å². The lowest BCUT2D eigenvalue weighted by atomic mass is 10.1. The minimum Gasteiger partial charge on any atom is -0.375 e. The highest BCUT2D eigenvalue weighted by Gasteiger charge is 2.29. The predicted octanol–water partition coefficient (Wildman–Crippen LogP) is 4.72. The second kappa shape index (κ2) is 6.66. The van der Waals surface area contributed by atoms with Gasteiger partial charge in [0.2, 0.25) is 0 Å². The van der Waals surface area contributed by atoms with E-state index in [-0.39, 0.29) is 0 Å². The summed E-state index contributed by atoms with van der Waals surface area (Å²) in [6, 6.07) is 5.33. The summed E-state index contributed by atoms with van der Waals surface area (Å²) in [6.45, 7) is 3.03. The molecule has 18 heavy (non-hydrogen) atoms. The molecule has 0 amide bonds. The van der Waals surface area contributed by atoms with Gasteiger partial charge in [-0.15, -0.1) is 0 Å². The van der Waals surface area contributed by atoms with E-state index in [0.29, 0.717) is 0 Å². The van der Waals surface area contributed by atoms with E-state index < -0.39 is 11.7 Å². The van der Waals surface area contributed by atoms with Crippen LogP contribution in [0.25, 0.3) is 0 Å². The summed E-state index contributed by atoms with van der Waals surface area (Å²) < 4.78 is 37.2. The standard InChI is InChI=1S/C14H20F3N/c1-3-4-5-6-11-18(2)13-9-7-12(8-10-13)14(15,16)17/h7-10H,3-6,11H2,1-2H3. The zero-order valence-electron chi connectivity index (χ0n) is 10.9. The molecule has 102 valence electrons. The molecule has 0 heterocycles. The van der Waals surface area contributed by atoms with Crippen LogP contribution in [0.5, 0.6) is 0 Å². The fourth-order valence-corrected chi connectivity index (χ4v) is 1.81. The van der Waals surface area contributed by atoms with Gasteiger partial charge in [0.25, 0.3) is 0 Å². The third-order valence-corrected chi connectivity index (χ3v) is 2.98. The van der Waals surface area contributed by atoms with Gasteiger partial charge in [-0.2, -0.15) is 13.2 Å². The van der Waals surface area contributed by atoms with E-state index in [4.69, 9.17) is 0 Å². The van der Waals surface area contributed by atoms with E-state index in [1.54, 1.807) is 0 Å². The fraction of sp³-hybridized carbons (Fsp3) is 0.571. The van der Waals surface area contributed by atoms with Crippen molar-refractivity contribution in [2.24, 2.45) is 0 Å². The Labute approximate surface area is 107 Å². The SMILES string of the molecule is CCCCCCN(C)c1ccc(C(F)(F)F)cc1. The van der Waals surface area contributed by atoms with Crippen LogP contribution in [0.3, 0.4) is 0 Å². The Morgan fingerprint density at radius 2 is 1.61 bits per heavy atom. The number of nitrogens with zero attached hydrogens (tertiary/aromatic N) is 1. The van der Waals surface area contributed by atoms with E-state index in [1.165, 1.54) is 31.4 Å². The van der Waals surface area contributed by atoms with E-state index in [9.17, 15) is 13.2 Å². The Morgan fingerprint density at radius 1 is 1.00 bits per heavy atom. The predicted molar refractivity (Wildman–Crippen MR) is 68.9 cm³/mol. The molecule has 0 saturated heterocycles. The first-order chi connectivity index (χ1) is 8.45. The van der Waals surface area contributed by atoms with Gasteiger partial charge in [-0.3, -0.25) is 0 Å². The molecule has 4 heteroatoms. The summed E-state index contributed by atoms with van der Waals surface area (Å²) in [5.74, 6) is 0. The molecule has 0 spiro atoms. The van der Waals surface area contributed by atoms with Gasteiger partial charge >= 0.3 is 6.18 Å². The van der Waals surface area contributed by atoms with Crippen molar-refractivity contribution in [2.75, 3.05) is 18.5 Å². The number of anilines is 1. The molecular formula is C14H20F3N. The normalized spacial score (nSPS) is 11.6. The minimum absolute atomic E-state index is 0.592. The van der Waals surface area contributed by atoms with E-state index >= 15 is 0 Å². The van der Waals surface area contributed by atoms with Crippen LogP contribution in [-0.2, 0) is 6.18 Å². The van der Waals surface area contributed by atoms with Crippen molar-refractivity contribution in [1.29, 1.82) is 0 Å². The Bertz CT molecular complexity index is 343. The van der Waals surface area contributed by atoms with Gasteiger partial charge in [0.1, 0.15) is 0 Å². The maximum absolute atomic E-state index is 12.4. The molecule has 0 N–H and O–H groups in total. The lowest BCUT2D eigenvalue weighted by molar-refractivity contribution is -0.137. The molecule has 0 aliphatic carbocycles. The van der Waals surface area contributed by atoms with Crippen molar-refractivity contribution < 1.29 is 13.2 Å². The molecule has 0 unspecified atom stereocenters. The van der Waals surface area contributed by atoms with Crippen LogP contribution in [0, 0.1) is 0 Å². The first-order valence-corrected chi connectivity index (χ1v) is 6.33. The summed E-state index contributed by atoms with van der Waals surface area (Å²) in [5.41, 5.74) is 0.241. The van der Waals surface area contributed by atoms with Gasteiger partial charge in [0, 0.05) is 19.3 Å². The molecule has 1 aromatic carbocycles. The molecule has 0 aliphatic heterocycles. The molecule has 1 nitrogen and oxygen atoms in total. The molecule has 1 aromatic rings. The quantitative estimate of drug-likeness (QED) is 0.668. The van der Waals surface area contributed by atoms with Crippen LogP contribution in [-0.4, -0.2) is 13.6 Å². The van der Waals surface area contributed by atoms with Crippen molar-refractivity contribution >= 4 is 5.69 Å². The Balaban J connectivity index is 2.51. The Hall–Kier alpha value is -1.19. The van der Waals surface area contributed by atoms with Gasteiger partial charge < -0.3 is 4.90 Å². The number of unbranched alkanes of at least 4 members (excludes halogenated alkanes) is 3. The smallest absolute Gasteiger partial charge is 0.375 e. The molecule has 0 bridgehead atoms. The average Bonchev–Trinajstić information content (AvgIpc) is 2.33. The summed E-state index contributed by atoms with van der Waals surface area (Å²) in [4.78, 5) is 2.00. The highest BCUT2D eigenvalue weighted by molar-refractivity contribution is 5.47. The van der Waals surface area contributed by atoms with Gasteiger partial charge in [-0.25, -0.2) is 0 Å². The molecule has 0 fully saturated rings. The number of hydrogen-bond acceptors (Lipinski definition) is 1. The van der Waals surface area contributed by atoms with Crippen molar-refractivity contribution in [1.82, 2.24) is 0 Å². The van der Waals surface area contributed by atoms with E-state index in [2.05, 4.69) is 6.92 Å². The van der Waals surface area contributed by atoms with Gasteiger partial charge in [0.15, 0.2) is 0 Å². The second-order valence-corrected chi connectivity index (χ2v) is 4.53. The number of hydrogen-bond donors (Lipinski definition) is 0. The first kappa shape index (κ1) is 14.9. The van der Waals surface area contributed by atoms with Crippen molar-refractivity contribution in [3.8, 4) is 0 Å². The summed E-state index contributed by atoms with van der Waals surface area (Å²) in [7, 11) is 1.91. The monoisotopic (exact) mass is 259 g/mol. The third-order valence-electron chi connectivity index (χ3n) is 2.98.